The van der Waals surface area contributed by atoms with E-state index in [4.69, 9.17) is 0 Å². The number of carbonyl (C=O) groups is 2. The number of nitro groups is 1. The molecule has 2 aliphatic heterocycles. The van der Waals surface area contributed by atoms with E-state index in [-0.39, 0.29) is 36.2 Å². The normalized spacial score (nSPS) is 18.1. The van der Waals surface area contributed by atoms with Crippen molar-refractivity contribution in [3.8, 4) is 0 Å². The summed E-state index contributed by atoms with van der Waals surface area (Å²) in [4.78, 5) is 41.5. The van der Waals surface area contributed by atoms with Crippen molar-refractivity contribution in [3.63, 3.8) is 0 Å². The zero-order valence-electron chi connectivity index (χ0n) is 28.6. The van der Waals surface area contributed by atoms with Gasteiger partial charge in [-0.25, -0.2) is 0 Å². The summed E-state index contributed by atoms with van der Waals surface area (Å²) in [5, 5.41) is 42.3. The van der Waals surface area contributed by atoms with E-state index in [1.807, 2.05) is 84.9 Å². The highest BCUT2D eigenvalue weighted by Gasteiger charge is 2.53. The summed E-state index contributed by atoms with van der Waals surface area (Å²) in [5.41, 5.74) is 3.31. The molecule has 5 aromatic rings. The average Bonchev–Trinajstić information content (AvgIpc) is 3.71. The molecule has 1 aromatic heterocycles. The molecule has 0 saturated carbocycles. The molecule has 0 spiro atoms. The maximum absolute atomic E-state index is 14.1. The van der Waals surface area contributed by atoms with Crippen LogP contribution < -0.4 is 9.80 Å². The zero-order valence-corrected chi connectivity index (χ0v) is 28.6. The molecule has 0 bridgehead atoms. The SMILES string of the molecule is C[C@@H](/C=C/CCn1cc(C(CO)c2ccccc2)nn1)[C@]1(O)C(=O)N(Cc2ccc(N3C(=O)CCc4ccccc43)cc2)c2ccc([N+](=O)[O-])cc21. The van der Waals surface area contributed by atoms with Gasteiger partial charge in [0.1, 0.15) is 0 Å². The fraction of sp³-hybridized carbons (Fsp3) is 0.250. The highest BCUT2D eigenvalue weighted by molar-refractivity contribution is 6.07. The molecule has 2 N–H and O–H groups in total. The highest BCUT2D eigenvalue weighted by atomic mass is 16.6. The van der Waals surface area contributed by atoms with Crippen LogP contribution in [-0.4, -0.2) is 48.6 Å². The third-order valence-corrected chi connectivity index (χ3v) is 10.00. The maximum atomic E-state index is 14.1. The van der Waals surface area contributed by atoms with Crippen molar-refractivity contribution in [3.05, 3.63) is 153 Å². The molecule has 4 aromatic carbocycles. The summed E-state index contributed by atoms with van der Waals surface area (Å²) in [6, 6.07) is 28.9. The van der Waals surface area contributed by atoms with Gasteiger partial charge in [0.05, 0.1) is 41.1 Å². The van der Waals surface area contributed by atoms with Crippen LogP contribution in [-0.2, 0) is 34.7 Å². The summed E-state index contributed by atoms with van der Waals surface area (Å²) in [6.07, 6.45) is 6.99. The van der Waals surface area contributed by atoms with Crippen LogP contribution in [0.4, 0.5) is 22.7 Å². The number of rotatable bonds is 12. The minimum atomic E-state index is -2.05. The Labute approximate surface area is 300 Å². The number of hydrogen-bond donors (Lipinski definition) is 2. The Hall–Kier alpha value is -5.98. The van der Waals surface area contributed by atoms with Crippen LogP contribution in [0.5, 0.6) is 0 Å². The molecule has 12 heteroatoms. The number of fused-ring (bicyclic) bond motifs is 2. The van der Waals surface area contributed by atoms with Crippen LogP contribution in [0.25, 0.3) is 0 Å². The first-order valence-electron chi connectivity index (χ1n) is 17.2. The number of carbonyl (C=O) groups excluding carboxylic acids is 2. The smallest absolute Gasteiger partial charge is 0.269 e. The second-order valence-corrected chi connectivity index (χ2v) is 13.2. The van der Waals surface area contributed by atoms with E-state index in [0.29, 0.717) is 42.9 Å². The third kappa shape index (κ3) is 6.38. The number of allylic oxidation sites excluding steroid dienone is 1. The number of aliphatic hydroxyl groups excluding tert-OH is 1. The standard InChI is InChI=1S/C40H38N6O6/c1-27(9-7-8-22-43-25-35(41-42-43)33(26-47)29-10-3-2-4-11-29)40(50)34-23-32(46(51)52)19-20-37(34)44(39(40)49)24-28-14-17-31(18-15-28)45-36-13-6-5-12-30(36)16-21-38(45)48/h2-7,9-15,17-20,23,25,27,33,47,50H,8,16,21-22,24,26H2,1H3/b9-7+/t27-,33?,40+/m0/s1. The molecule has 3 atom stereocenters. The first-order valence-corrected chi connectivity index (χ1v) is 17.2. The molecule has 12 nitrogen and oxygen atoms in total. The van der Waals surface area contributed by atoms with Gasteiger partial charge < -0.3 is 15.1 Å². The summed E-state index contributed by atoms with van der Waals surface area (Å²) >= 11 is 0. The first kappa shape index (κ1) is 34.5. The minimum absolute atomic E-state index is 0.00762. The van der Waals surface area contributed by atoms with Gasteiger partial charge in [-0.05, 0) is 53.8 Å². The van der Waals surface area contributed by atoms with Crippen LogP contribution in [0.3, 0.4) is 0 Å². The summed E-state index contributed by atoms with van der Waals surface area (Å²) < 4.78 is 1.68. The lowest BCUT2D eigenvalue weighted by Crippen LogP contribution is -2.44. The molecule has 52 heavy (non-hydrogen) atoms. The van der Waals surface area contributed by atoms with E-state index in [2.05, 4.69) is 10.3 Å². The van der Waals surface area contributed by atoms with E-state index in [9.17, 15) is 29.9 Å². The van der Waals surface area contributed by atoms with E-state index < -0.39 is 22.3 Å². The molecule has 0 aliphatic carbocycles. The van der Waals surface area contributed by atoms with Crippen molar-refractivity contribution >= 4 is 34.6 Å². The van der Waals surface area contributed by atoms with E-state index in [1.54, 1.807) is 28.8 Å². The fourth-order valence-electron chi connectivity index (χ4n) is 7.13. The lowest BCUT2D eigenvalue weighted by atomic mass is 9.82. The summed E-state index contributed by atoms with van der Waals surface area (Å²) in [7, 11) is 0. The second-order valence-electron chi connectivity index (χ2n) is 13.2. The van der Waals surface area contributed by atoms with Crippen LogP contribution in [0.2, 0.25) is 0 Å². The number of aryl methyl sites for hydroxylation is 2. The number of hydrogen-bond acceptors (Lipinski definition) is 8. The molecular formula is C40H38N6O6. The van der Waals surface area contributed by atoms with Crippen molar-refractivity contribution in [1.29, 1.82) is 0 Å². The quantitative estimate of drug-likeness (QED) is 0.0922. The molecule has 7 rings (SSSR count). The van der Waals surface area contributed by atoms with Crippen LogP contribution in [0.15, 0.2) is 115 Å². The molecule has 2 aliphatic rings. The Morgan fingerprint density at radius 3 is 2.46 bits per heavy atom. The Morgan fingerprint density at radius 2 is 1.71 bits per heavy atom. The number of aliphatic hydroxyl groups is 2. The van der Waals surface area contributed by atoms with Crippen molar-refractivity contribution < 1.29 is 24.7 Å². The van der Waals surface area contributed by atoms with Crippen LogP contribution in [0, 0.1) is 16.0 Å². The number of anilines is 3. The van der Waals surface area contributed by atoms with Gasteiger partial charge in [0.25, 0.3) is 11.6 Å². The van der Waals surface area contributed by atoms with Gasteiger partial charge in [-0.3, -0.25) is 29.3 Å². The Bertz CT molecular complexity index is 2150. The Morgan fingerprint density at radius 1 is 0.962 bits per heavy atom. The van der Waals surface area contributed by atoms with E-state index in [1.165, 1.54) is 23.1 Å². The molecule has 264 valence electrons. The van der Waals surface area contributed by atoms with Crippen molar-refractivity contribution in [1.82, 2.24) is 15.0 Å². The van der Waals surface area contributed by atoms with Gasteiger partial charge in [0.2, 0.25) is 5.91 Å². The Balaban J connectivity index is 1.08. The lowest BCUT2D eigenvalue weighted by molar-refractivity contribution is -0.385. The molecule has 1 unspecified atom stereocenters. The number of nitro benzene ring substituents is 1. The number of non-ortho nitro benzene ring substituents is 1. The van der Waals surface area contributed by atoms with Gasteiger partial charge in [-0.1, -0.05) is 85.0 Å². The van der Waals surface area contributed by atoms with Crippen LogP contribution in [0.1, 0.15) is 53.6 Å². The molecule has 2 amide bonds. The van der Waals surface area contributed by atoms with Crippen molar-refractivity contribution in [2.75, 3.05) is 16.4 Å². The third-order valence-electron chi connectivity index (χ3n) is 10.00. The number of amides is 2. The number of aromatic nitrogens is 3. The number of benzene rings is 4. The predicted octanol–water partition coefficient (Wildman–Crippen LogP) is 5.94. The zero-order chi connectivity index (χ0) is 36.4. The van der Waals surface area contributed by atoms with Gasteiger partial charge in [-0.15, -0.1) is 5.10 Å². The minimum Gasteiger partial charge on any atom is -0.395 e. The fourth-order valence-corrected chi connectivity index (χ4v) is 7.13. The number of nitrogens with zero attached hydrogens (tertiary/aromatic N) is 6. The first-order chi connectivity index (χ1) is 25.2. The second kappa shape index (κ2) is 14.3. The van der Waals surface area contributed by atoms with Crippen LogP contribution >= 0.6 is 0 Å². The summed E-state index contributed by atoms with van der Waals surface area (Å²) in [5.74, 6) is -1.61. The number of para-hydroxylation sites is 1. The average molecular weight is 699 g/mol. The highest BCUT2D eigenvalue weighted by Crippen LogP contribution is 2.47. The van der Waals surface area contributed by atoms with Gasteiger partial charge in [0, 0.05) is 48.5 Å². The van der Waals surface area contributed by atoms with Crippen molar-refractivity contribution in [2.24, 2.45) is 5.92 Å². The largest absolute Gasteiger partial charge is 0.395 e. The monoisotopic (exact) mass is 698 g/mol. The van der Waals surface area contributed by atoms with E-state index >= 15 is 0 Å². The topological polar surface area (TPSA) is 155 Å². The predicted molar refractivity (Wildman–Crippen MR) is 195 cm³/mol. The van der Waals surface area contributed by atoms with Gasteiger partial charge in [0.15, 0.2) is 5.60 Å². The van der Waals surface area contributed by atoms with Gasteiger partial charge >= 0.3 is 0 Å². The molecular weight excluding hydrogens is 660 g/mol. The van der Waals surface area contributed by atoms with E-state index in [0.717, 1.165) is 22.4 Å². The molecule has 0 radical (unpaired) electrons. The lowest BCUT2D eigenvalue weighted by Gasteiger charge is -2.30. The van der Waals surface area contributed by atoms with Crippen molar-refractivity contribution in [2.45, 2.75) is 50.8 Å². The molecule has 0 saturated heterocycles. The Kier molecular flexibility index (Phi) is 9.50. The summed E-state index contributed by atoms with van der Waals surface area (Å²) in [6.45, 7) is 2.18. The maximum Gasteiger partial charge on any atom is 0.269 e. The molecule has 3 heterocycles. The van der Waals surface area contributed by atoms with Gasteiger partial charge in [-0.2, -0.15) is 0 Å². The molecule has 0 fully saturated rings.